The summed E-state index contributed by atoms with van der Waals surface area (Å²) in [5.41, 5.74) is 3.12. The number of benzene rings is 2. The number of para-hydroxylation sites is 1. The Kier molecular flexibility index (Phi) is 7.01. The maximum atomic E-state index is 14.8. The van der Waals surface area contributed by atoms with Crippen molar-refractivity contribution in [2.45, 2.75) is 26.7 Å². The average Bonchev–Trinajstić information content (AvgIpc) is 3.21. The number of hydrogen-bond donors (Lipinski definition) is 0. The lowest BCUT2D eigenvalue weighted by Crippen LogP contribution is -2.40. The molecular weight excluding hydrogens is 435 g/mol. The van der Waals surface area contributed by atoms with Gasteiger partial charge in [0.25, 0.3) is 5.91 Å². The van der Waals surface area contributed by atoms with E-state index in [-0.39, 0.29) is 23.6 Å². The molecule has 1 aliphatic heterocycles. The maximum Gasteiger partial charge on any atom is 0.309 e. The van der Waals surface area contributed by atoms with Crippen molar-refractivity contribution in [1.29, 1.82) is 0 Å². The Morgan fingerprint density at radius 1 is 1.06 bits per heavy atom. The first-order chi connectivity index (χ1) is 16.4. The molecule has 0 radical (unpaired) electrons. The minimum atomic E-state index is -0.370. The van der Waals surface area contributed by atoms with E-state index in [1.165, 1.54) is 6.07 Å². The fourth-order valence-electron chi connectivity index (χ4n) is 4.49. The van der Waals surface area contributed by atoms with E-state index in [1.807, 2.05) is 37.3 Å². The highest BCUT2D eigenvalue weighted by Crippen LogP contribution is 2.33. The molecule has 0 unspecified atom stereocenters. The van der Waals surface area contributed by atoms with Crippen molar-refractivity contribution in [3.05, 3.63) is 71.7 Å². The van der Waals surface area contributed by atoms with Crippen LogP contribution in [0.4, 0.5) is 4.39 Å². The lowest BCUT2D eigenvalue weighted by atomic mass is 9.96. The van der Waals surface area contributed by atoms with Crippen LogP contribution in [-0.4, -0.2) is 48.1 Å². The van der Waals surface area contributed by atoms with Gasteiger partial charge in [0, 0.05) is 18.8 Å². The average molecular weight is 465 g/mol. The van der Waals surface area contributed by atoms with Crippen molar-refractivity contribution < 1.29 is 23.5 Å². The van der Waals surface area contributed by atoms with E-state index in [9.17, 15) is 14.0 Å². The number of carbonyl (C=O) groups excluding carboxylic acids is 2. The van der Waals surface area contributed by atoms with Gasteiger partial charge in [0.15, 0.2) is 0 Å². The maximum absolute atomic E-state index is 14.8. The molecule has 6 nitrogen and oxygen atoms in total. The summed E-state index contributed by atoms with van der Waals surface area (Å²) >= 11 is 0. The number of carbonyl (C=O) groups is 2. The number of likely N-dealkylation sites (tertiary alicyclic amines) is 1. The van der Waals surface area contributed by atoms with Crippen molar-refractivity contribution in [2.75, 3.05) is 26.8 Å². The van der Waals surface area contributed by atoms with Crippen LogP contribution in [0.3, 0.4) is 0 Å². The Balaban J connectivity index is 1.69. The Labute approximate surface area is 198 Å². The highest BCUT2D eigenvalue weighted by atomic mass is 19.1. The van der Waals surface area contributed by atoms with Gasteiger partial charge in [-0.2, -0.15) is 0 Å². The first kappa shape index (κ1) is 23.5. The van der Waals surface area contributed by atoms with E-state index in [2.05, 4.69) is 0 Å². The Bertz CT molecular complexity index is 1180. The van der Waals surface area contributed by atoms with E-state index >= 15 is 0 Å². The number of aromatic nitrogens is 1. The zero-order chi connectivity index (χ0) is 24.2. The molecule has 1 aromatic heterocycles. The molecule has 34 heavy (non-hydrogen) atoms. The van der Waals surface area contributed by atoms with Crippen molar-refractivity contribution in [2.24, 2.45) is 5.92 Å². The SMILES string of the molecule is CCOC(=O)C1CCN(C(=O)c2cc(-c3ccc(OC)cc3)n(-c3ccccc3F)c2C)CC1. The fourth-order valence-corrected chi connectivity index (χ4v) is 4.49. The largest absolute Gasteiger partial charge is 0.497 e. The van der Waals surface area contributed by atoms with Crippen molar-refractivity contribution in [3.63, 3.8) is 0 Å². The van der Waals surface area contributed by atoms with Crippen LogP contribution in [0.15, 0.2) is 54.6 Å². The Morgan fingerprint density at radius 3 is 2.35 bits per heavy atom. The minimum absolute atomic E-state index is 0.121. The van der Waals surface area contributed by atoms with Gasteiger partial charge in [-0.1, -0.05) is 12.1 Å². The van der Waals surface area contributed by atoms with Gasteiger partial charge in [0.1, 0.15) is 11.6 Å². The van der Waals surface area contributed by atoms with Crippen LogP contribution >= 0.6 is 0 Å². The fraction of sp³-hybridized carbons (Fsp3) is 0.333. The zero-order valence-electron chi connectivity index (χ0n) is 19.7. The molecule has 1 amide bonds. The Hall–Kier alpha value is -3.61. The van der Waals surface area contributed by atoms with E-state index in [0.29, 0.717) is 55.2 Å². The summed E-state index contributed by atoms with van der Waals surface area (Å²) in [6, 6.07) is 15.8. The van der Waals surface area contributed by atoms with Crippen LogP contribution in [-0.2, 0) is 9.53 Å². The summed E-state index contributed by atoms with van der Waals surface area (Å²) in [5, 5.41) is 0. The standard InChI is InChI=1S/C27H29FN2O4/c1-4-34-27(32)20-13-15-29(16-14-20)26(31)22-17-25(19-9-11-21(33-3)12-10-19)30(18(22)2)24-8-6-5-7-23(24)28/h5-12,17,20H,4,13-16H2,1-3H3. The van der Waals surface area contributed by atoms with Crippen LogP contribution in [0.5, 0.6) is 5.75 Å². The topological polar surface area (TPSA) is 60.8 Å². The predicted molar refractivity (Wildman–Crippen MR) is 128 cm³/mol. The molecule has 4 rings (SSSR count). The highest BCUT2D eigenvalue weighted by Gasteiger charge is 2.31. The molecule has 0 bridgehead atoms. The van der Waals surface area contributed by atoms with Crippen molar-refractivity contribution in [1.82, 2.24) is 9.47 Å². The van der Waals surface area contributed by atoms with Crippen LogP contribution in [0.1, 0.15) is 35.8 Å². The summed E-state index contributed by atoms with van der Waals surface area (Å²) < 4.78 is 27.0. The lowest BCUT2D eigenvalue weighted by Gasteiger charge is -2.31. The number of piperidine rings is 1. The molecule has 3 aromatic rings. The third-order valence-electron chi connectivity index (χ3n) is 6.36. The Morgan fingerprint density at radius 2 is 1.74 bits per heavy atom. The third-order valence-corrected chi connectivity index (χ3v) is 6.36. The predicted octanol–water partition coefficient (Wildman–Crippen LogP) is 5.02. The molecule has 2 heterocycles. The number of hydrogen-bond acceptors (Lipinski definition) is 4. The second kappa shape index (κ2) is 10.1. The van der Waals surface area contributed by atoms with E-state index in [4.69, 9.17) is 9.47 Å². The molecule has 0 saturated carbocycles. The second-order valence-electron chi connectivity index (χ2n) is 8.36. The summed E-state index contributed by atoms with van der Waals surface area (Å²) in [6.45, 7) is 4.93. The van der Waals surface area contributed by atoms with Crippen LogP contribution in [0, 0.1) is 18.7 Å². The molecule has 0 N–H and O–H groups in total. The molecule has 1 fully saturated rings. The molecule has 2 aromatic carbocycles. The van der Waals surface area contributed by atoms with Gasteiger partial charge >= 0.3 is 5.97 Å². The van der Waals surface area contributed by atoms with Crippen molar-refractivity contribution in [3.8, 4) is 22.7 Å². The van der Waals surface area contributed by atoms with Crippen molar-refractivity contribution >= 4 is 11.9 Å². The molecule has 0 aliphatic carbocycles. The van der Waals surface area contributed by atoms with Gasteiger partial charge < -0.3 is 18.9 Å². The van der Waals surface area contributed by atoms with Gasteiger partial charge in [-0.05, 0) is 74.7 Å². The first-order valence-electron chi connectivity index (χ1n) is 11.5. The number of halogens is 1. The zero-order valence-corrected chi connectivity index (χ0v) is 19.7. The summed E-state index contributed by atoms with van der Waals surface area (Å²) in [6.07, 6.45) is 1.14. The number of esters is 1. The van der Waals surface area contributed by atoms with Crippen LogP contribution in [0.25, 0.3) is 16.9 Å². The van der Waals surface area contributed by atoms with Crippen LogP contribution < -0.4 is 4.74 Å². The van der Waals surface area contributed by atoms with Gasteiger partial charge in [0.2, 0.25) is 0 Å². The van der Waals surface area contributed by atoms with Crippen LogP contribution in [0.2, 0.25) is 0 Å². The summed E-state index contributed by atoms with van der Waals surface area (Å²) in [5.74, 6) is -0.152. The molecule has 7 heteroatoms. The van der Waals surface area contributed by atoms with Gasteiger partial charge in [-0.3, -0.25) is 9.59 Å². The second-order valence-corrected chi connectivity index (χ2v) is 8.36. The number of nitrogens with zero attached hydrogens (tertiary/aromatic N) is 2. The normalized spacial score (nSPS) is 14.2. The molecule has 0 atom stereocenters. The molecular formula is C27H29FN2O4. The molecule has 1 saturated heterocycles. The highest BCUT2D eigenvalue weighted by molar-refractivity contribution is 5.97. The number of methoxy groups -OCH3 is 1. The van der Waals surface area contributed by atoms with Gasteiger partial charge in [-0.15, -0.1) is 0 Å². The number of ether oxygens (including phenoxy) is 2. The third kappa shape index (κ3) is 4.55. The van der Waals surface area contributed by atoms with E-state index in [0.717, 1.165) is 11.3 Å². The minimum Gasteiger partial charge on any atom is -0.497 e. The quantitative estimate of drug-likeness (QED) is 0.481. The summed E-state index contributed by atoms with van der Waals surface area (Å²) in [4.78, 5) is 27.3. The molecule has 178 valence electrons. The molecule has 0 spiro atoms. The van der Waals surface area contributed by atoms with E-state index in [1.54, 1.807) is 41.7 Å². The first-order valence-corrected chi connectivity index (χ1v) is 11.5. The lowest BCUT2D eigenvalue weighted by molar-refractivity contribution is -0.149. The number of rotatable bonds is 6. The monoisotopic (exact) mass is 464 g/mol. The smallest absolute Gasteiger partial charge is 0.309 e. The number of amides is 1. The summed E-state index contributed by atoms with van der Waals surface area (Å²) in [7, 11) is 1.60. The van der Waals surface area contributed by atoms with Gasteiger partial charge in [0.05, 0.1) is 36.6 Å². The molecule has 1 aliphatic rings. The van der Waals surface area contributed by atoms with Gasteiger partial charge in [-0.25, -0.2) is 4.39 Å². The van der Waals surface area contributed by atoms with E-state index < -0.39 is 0 Å².